The number of aromatic nitrogens is 1. The van der Waals surface area contributed by atoms with E-state index < -0.39 is 10.0 Å². The molecule has 1 aliphatic rings. The van der Waals surface area contributed by atoms with Gasteiger partial charge in [0.05, 0.1) is 5.92 Å². The summed E-state index contributed by atoms with van der Waals surface area (Å²) in [7, 11) is -2.22. The van der Waals surface area contributed by atoms with Crippen LogP contribution in [0.25, 0.3) is 12.2 Å². The molecule has 2 aromatic heterocycles. The van der Waals surface area contributed by atoms with Gasteiger partial charge in [-0.05, 0) is 49.8 Å². The van der Waals surface area contributed by atoms with Crippen molar-refractivity contribution >= 4 is 39.4 Å². The molecule has 164 valence electrons. The van der Waals surface area contributed by atoms with Crippen LogP contribution < -0.4 is 5.32 Å². The normalized spacial score (nSPS) is 18.1. The molecule has 0 radical (unpaired) electrons. The van der Waals surface area contributed by atoms with E-state index in [1.54, 1.807) is 37.5 Å². The number of nitrogens with one attached hydrogen (secondary N) is 1. The largest absolute Gasteiger partial charge is 0.385 e. The van der Waals surface area contributed by atoms with Crippen molar-refractivity contribution in [1.29, 1.82) is 0 Å². The maximum absolute atomic E-state index is 13.4. The number of nitrogens with zero attached hydrogens (tertiary/aromatic N) is 2. The Bertz CT molecular complexity index is 967. The highest BCUT2D eigenvalue weighted by atomic mass is 32.2. The number of aryl methyl sites for hydroxylation is 1. The molecule has 0 aliphatic carbocycles. The number of rotatable bonds is 9. The maximum Gasteiger partial charge on any atom is 0.248 e. The minimum absolute atomic E-state index is 0.0662. The lowest BCUT2D eigenvalue weighted by atomic mass is 9.99. The highest BCUT2D eigenvalue weighted by Gasteiger charge is 2.36. The first-order chi connectivity index (χ1) is 14.4. The Kier molecular flexibility index (Phi) is 7.81. The Labute approximate surface area is 180 Å². The highest BCUT2D eigenvalue weighted by molar-refractivity contribution is 7.89. The van der Waals surface area contributed by atoms with Crippen molar-refractivity contribution in [2.24, 2.45) is 5.92 Å². The van der Waals surface area contributed by atoms with Crippen LogP contribution >= 0.6 is 11.3 Å². The van der Waals surface area contributed by atoms with Gasteiger partial charge in [-0.1, -0.05) is 11.2 Å². The number of thiophene rings is 1. The molecule has 0 aromatic carbocycles. The predicted molar refractivity (Wildman–Crippen MR) is 115 cm³/mol. The second-order valence-corrected chi connectivity index (χ2v) is 10.0. The molecule has 1 atom stereocenters. The first kappa shape index (κ1) is 22.7. The van der Waals surface area contributed by atoms with Gasteiger partial charge in [-0.15, -0.1) is 11.3 Å². The van der Waals surface area contributed by atoms with Crippen molar-refractivity contribution in [2.75, 3.05) is 33.4 Å². The zero-order valence-electron chi connectivity index (χ0n) is 17.2. The molecule has 1 aliphatic heterocycles. The van der Waals surface area contributed by atoms with Crippen LogP contribution in [0.15, 0.2) is 26.9 Å². The summed E-state index contributed by atoms with van der Waals surface area (Å²) in [6.07, 6.45) is 5.44. The molecular weight excluding hydrogens is 426 g/mol. The third kappa shape index (κ3) is 5.37. The fraction of sp³-hybridized carbons (Fsp3) is 0.500. The van der Waals surface area contributed by atoms with E-state index in [0.29, 0.717) is 38.2 Å². The number of ether oxygens (including phenoxy) is 1. The van der Waals surface area contributed by atoms with Crippen LogP contribution in [0.1, 0.15) is 35.6 Å². The van der Waals surface area contributed by atoms with Gasteiger partial charge in [0, 0.05) is 38.2 Å². The summed E-state index contributed by atoms with van der Waals surface area (Å²) in [5.74, 6) is -0.292. The second kappa shape index (κ2) is 10.3. The van der Waals surface area contributed by atoms with Crippen molar-refractivity contribution in [3.63, 3.8) is 0 Å². The molecule has 1 fully saturated rings. The predicted octanol–water partition coefficient (Wildman–Crippen LogP) is 2.77. The summed E-state index contributed by atoms with van der Waals surface area (Å²) >= 11 is 1.54. The molecule has 0 spiro atoms. The Morgan fingerprint density at radius 2 is 2.30 bits per heavy atom. The van der Waals surface area contributed by atoms with Gasteiger partial charge in [0.2, 0.25) is 15.9 Å². The van der Waals surface area contributed by atoms with E-state index in [-0.39, 0.29) is 29.0 Å². The number of carbonyl (C=O) groups is 1. The quantitative estimate of drug-likeness (QED) is 0.586. The van der Waals surface area contributed by atoms with Crippen LogP contribution in [0.4, 0.5) is 0 Å². The SMILES string of the molecule is COCCCNC(=O)C1CCCN(S(=O)(=O)c2c(C)noc2C=Cc2cccs2)C1. The summed E-state index contributed by atoms with van der Waals surface area (Å²) in [4.78, 5) is 13.5. The molecule has 1 unspecified atom stereocenters. The summed E-state index contributed by atoms with van der Waals surface area (Å²) < 4.78 is 38.4. The summed E-state index contributed by atoms with van der Waals surface area (Å²) in [5, 5.41) is 8.68. The molecular formula is C20H27N3O5S2. The molecule has 10 heteroatoms. The molecule has 0 saturated carbocycles. The topological polar surface area (TPSA) is 102 Å². The molecule has 1 amide bonds. The Morgan fingerprint density at radius 1 is 1.47 bits per heavy atom. The van der Waals surface area contributed by atoms with Gasteiger partial charge in [-0.3, -0.25) is 4.79 Å². The second-order valence-electron chi connectivity index (χ2n) is 7.15. The number of methoxy groups -OCH3 is 1. The molecule has 3 rings (SSSR count). The average Bonchev–Trinajstić information content (AvgIpc) is 3.39. The van der Waals surface area contributed by atoms with E-state index in [0.717, 1.165) is 11.3 Å². The van der Waals surface area contributed by atoms with Gasteiger partial charge < -0.3 is 14.6 Å². The Hall–Kier alpha value is -2.01. The fourth-order valence-electron chi connectivity index (χ4n) is 3.42. The monoisotopic (exact) mass is 453 g/mol. The number of sulfonamides is 1. The van der Waals surface area contributed by atoms with E-state index in [1.165, 1.54) is 4.31 Å². The average molecular weight is 454 g/mol. The van der Waals surface area contributed by atoms with Crippen LogP contribution in [-0.2, 0) is 19.6 Å². The number of hydrogen-bond donors (Lipinski definition) is 1. The maximum atomic E-state index is 13.4. The van der Waals surface area contributed by atoms with Crippen molar-refractivity contribution < 1.29 is 22.5 Å². The van der Waals surface area contributed by atoms with E-state index in [9.17, 15) is 13.2 Å². The van der Waals surface area contributed by atoms with Gasteiger partial charge in [0.25, 0.3) is 0 Å². The standard InChI is InChI=1S/C20H27N3O5S2/c1-15-19(18(28-22-15)9-8-17-7-4-13-29-17)30(25,26)23-11-3-6-16(14-23)20(24)21-10-5-12-27-2/h4,7-9,13,16H,3,5-6,10-12,14H2,1-2H3,(H,21,24). The first-order valence-corrected chi connectivity index (χ1v) is 12.2. The van der Waals surface area contributed by atoms with Crippen LogP contribution in [0.2, 0.25) is 0 Å². The molecule has 8 nitrogen and oxygen atoms in total. The van der Waals surface area contributed by atoms with Crippen molar-refractivity contribution in [3.8, 4) is 0 Å². The molecule has 3 heterocycles. The summed E-state index contributed by atoms with van der Waals surface area (Å²) in [6.45, 7) is 3.22. The van der Waals surface area contributed by atoms with E-state index in [2.05, 4.69) is 10.5 Å². The fourth-order valence-corrected chi connectivity index (χ4v) is 5.81. The van der Waals surface area contributed by atoms with Crippen molar-refractivity contribution in [3.05, 3.63) is 33.8 Å². The van der Waals surface area contributed by atoms with E-state index in [4.69, 9.17) is 9.26 Å². The van der Waals surface area contributed by atoms with Crippen LogP contribution in [0.3, 0.4) is 0 Å². The smallest absolute Gasteiger partial charge is 0.248 e. The lowest BCUT2D eigenvalue weighted by molar-refractivity contribution is -0.126. The van der Waals surface area contributed by atoms with Crippen LogP contribution in [0.5, 0.6) is 0 Å². The zero-order chi connectivity index (χ0) is 21.6. The van der Waals surface area contributed by atoms with Crippen molar-refractivity contribution in [2.45, 2.75) is 31.1 Å². The summed E-state index contributed by atoms with van der Waals surface area (Å²) in [6, 6.07) is 3.85. The Balaban J connectivity index is 1.73. The van der Waals surface area contributed by atoms with Crippen LogP contribution in [0, 0.1) is 12.8 Å². The molecule has 30 heavy (non-hydrogen) atoms. The number of hydrogen-bond acceptors (Lipinski definition) is 7. The number of amides is 1. The first-order valence-electron chi connectivity index (χ1n) is 9.88. The molecule has 2 aromatic rings. The zero-order valence-corrected chi connectivity index (χ0v) is 18.8. The Morgan fingerprint density at radius 3 is 3.03 bits per heavy atom. The van der Waals surface area contributed by atoms with Crippen molar-refractivity contribution in [1.82, 2.24) is 14.8 Å². The van der Waals surface area contributed by atoms with E-state index >= 15 is 0 Å². The van der Waals surface area contributed by atoms with Gasteiger partial charge in [-0.25, -0.2) is 8.42 Å². The van der Waals surface area contributed by atoms with Gasteiger partial charge in [-0.2, -0.15) is 4.31 Å². The van der Waals surface area contributed by atoms with E-state index in [1.807, 2.05) is 17.5 Å². The number of piperidine rings is 1. The molecule has 0 bridgehead atoms. The minimum atomic E-state index is -3.84. The molecule has 1 saturated heterocycles. The summed E-state index contributed by atoms with van der Waals surface area (Å²) in [5.41, 5.74) is 0.312. The number of carbonyl (C=O) groups excluding carboxylic acids is 1. The molecule has 1 N–H and O–H groups in total. The third-order valence-electron chi connectivity index (χ3n) is 4.95. The van der Waals surface area contributed by atoms with Crippen LogP contribution in [-0.4, -0.2) is 57.1 Å². The minimum Gasteiger partial charge on any atom is -0.385 e. The van der Waals surface area contributed by atoms with Gasteiger partial charge in [0.15, 0.2) is 10.7 Å². The lowest BCUT2D eigenvalue weighted by Crippen LogP contribution is -2.45. The van der Waals surface area contributed by atoms with Gasteiger partial charge >= 0.3 is 0 Å². The highest BCUT2D eigenvalue weighted by Crippen LogP contribution is 2.29. The third-order valence-corrected chi connectivity index (χ3v) is 7.81. The lowest BCUT2D eigenvalue weighted by Gasteiger charge is -2.31. The van der Waals surface area contributed by atoms with Gasteiger partial charge in [0.1, 0.15) is 5.69 Å².